The molecule has 0 unspecified atom stereocenters. The van der Waals surface area contributed by atoms with E-state index in [-0.39, 0.29) is 17.6 Å². The lowest BCUT2D eigenvalue weighted by Gasteiger charge is -2.31. The van der Waals surface area contributed by atoms with Gasteiger partial charge >= 0.3 is 0 Å². The van der Waals surface area contributed by atoms with Crippen LogP contribution in [-0.2, 0) is 0 Å². The van der Waals surface area contributed by atoms with Gasteiger partial charge in [0.1, 0.15) is 5.75 Å². The van der Waals surface area contributed by atoms with Crippen LogP contribution in [0.1, 0.15) is 44.4 Å². The molecule has 0 N–H and O–H groups in total. The van der Waals surface area contributed by atoms with Crippen molar-refractivity contribution >= 4 is 5.78 Å². The van der Waals surface area contributed by atoms with Crippen LogP contribution in [0, 0.1) is 12.3 Å². The Morgan fingerprint density at radius 3 is 1.92 bits per heavy atom. The molecule has 0 fully saturated rings. The highest BCUT2D eigenvalue weighted by atomic mass is 16.5. The standard InChI is InChI=1S/C24H18O2/c1-3-18(16-12-14-17(26-2)15-13-16)23-19-8-4-6-10-21(19)24(25)22-11-7-5-9-20(22)23/h1,4-15,18,23H,2H3/t18-/m0/s1. The van der Waals surface area contributed by atoms with Crippen LogP contribution in [-0.4, -0.2) is 12.9 Å². The van der Waals surface area contributed by atoms with Crippen LogP contribution in [0.3, 0.4) is 0 Å². The molecule has 0 aromatic heterocycles. The molecule has 1 atom stereocenters. The van der Waals surface area contributed by atoms with Crippen molar-refractivity contribution in [2.24, 2.45) is 0 Å². The number of fused-ring (bicyclic) bond motifs is 2. The van der Waals surface area contributed by atoms with E-state index in [2.05, 4.69) is 5.92 Å². The van der Waals surface area contributed by atoms with Crippen molar-refractivity contribution in [3.63, 3.8) is 0 Å². The zero-order valence-electron chi connectivity index (χ0n) is 14.5. The van der Waals surface area contributed by atoms with Gasteiger partial charge in [-0.1, -0.05) is 66.6 Å². The van der Waals surface area contributed by atoms with Crippen molar-refractivity contribution in [3.8, 4) is 18.1 Å². The maximum Gasteiger partial charge on any atom is 0.193 e. The molecule has 2 nitrogen and oxygen atoms in total. The Kier molecular flexibility index (Phi) is 4.07. The SMILES string of the molecule is C#C[C@@H](c1ccc(OC)cc1)C1c2ccccc2C(=O)c2ccccc21. The lowest BCUT2D eigenvalue weighted by molar-refractivity contribution is 0.103. The summed E-state index contributed by atoms with van der Waals surface area (Å²) >= 11 is 0. The van der Waals surface area contributed by atoms with Gasteiger partial charge in [-0.25, -0.2) is 0 Å². The monoisotopic (exact) mass is 338 g/mol. The summed E-state index contributed by atoms with van der Waals surface area (Å²) in [5, 5.41) is 0. The molecule has 0 amide bonds. The summed E-state index contributed by atoms with van der Waals surface area (Å²) in [5.41, 5.74) is 4.51. The van der Waals surface area contributed by atoms with Gasteiger partial charge in [0.05, 0.1) is 13.0 Å². The number of rotatable bonds is 3. The fourth-order valence-electron chi connectivity index (χ4n) is 3.82. The van der Waals surface area contributed by atoms with E-state index in [0.717, 1.165) is 33.6 Å². The van der Waals surface area contributed by atoms with Crippen LogP contribution < -0.4 is 4.74 Å². The molecule has 2 heteroatoms. The number of carbonyl (C=O) groups excluding carboxylic acids is 1. The van der Waals surface area contributed by atoms with Gasteiger partial charge in [-0.2, -0.15) is 0 Å². The molecule has 0 saturated carbocycles. The highest BCUT2D eigenvalue weighted by Crippen LogP contribution is 2.44. The molecule has 26 heavy (non-hydrogen) atoms. The predicted octanol–water partition coefficient (Wildman–Crippen LogP) is 4.79. The molecule has 0 spiro atoms. The van der Waals surface area contributed by atoms with Crippen LogP contribution in [0.15, 0.2) is 72.8 Å². The number of benzene rings is 3. The minimum absolute atomic E-state index is 0.0569. The number of terminal acetylenes is 1. The van der Waals surface area contributed by atoms with Crippen molar-refractivity contribution in [2.45, 2.75) is 11.8 Å². The van der Waals surface area contributed by atoms with Gasteiger partial charge in [-0.3, -0.25) is 4.79 Å². The normalized spacial score (nSPS) is 14.1. The van der Waals surface area contributed by atoms with Crippen LogP contribution >= 0.6 is 0 Å². The van der Waals surface area contributed by atoms with Gasteiger partial charge < -0.3 is 4.74 Å². The van der Waals surface area contributed by atoms with Gasteiger partial charge in [0.25, 0.3) is 0 Å². The zero-order valence-corrected chi connectivity index (χ0v) is 14.5. The minimum atomic E-state index is -0.170. The third kappa shape index (κ3) is 2.50. The molecule has 0 radical (unpaired) electrons. The lowest BCUT2D eigenvalue weighted by Crippen LogP contribution is -2.23. The second-order valence-corrected chi connectivity index (χ2v) is 6.40. The second kappa shape index (κ2) is 6.54. The second-order valence-electron chi connectivity index (χ2n) is 6.40. The van der Waals surface area contributed by atoms with Crippen molar-refractivity contribution in [3.05, 3.63) is 101 Å². The highest BCUT2D eigenvalue weighted by Gasteiger charge is 2.35. The van der Waals surface area contributed by atoms with Gasteiger partial charge in [-0.15, -0.1) is 6.42 Å². The summed E-state index contributed by atoms with van der Waals surface area (Å²) in [7, 11) is 1.65. The summed E-state index contributed by atoms with van der Waals surface area (Å²) < 4.78 is 5.26. The predicted molar refractivity (Wildman–Crippen MR) is 103 cm³/mol. The van der Waals surface area contributed by atoms with E-state index in [4.69, 9.17) is 11.2 Å². The van der Waals surface area contributed by atoms with E-state index in [1.54, 1.807) is 7.11 Å². The Hall–Kier alpha value is -3.31. The number of hydrogen-bond donors (Lipinski definition) is 0. The molecule has 0 saturated heterocycles. The van der Waals surface area contributed by atoms with Gasteiger partial charge in [0.15, 0.2) is 5.78 Å². The Morgan fingerprint density at radius 2 is 1.42 bits per heavy atom. The first-order valence-electron chi connectivity index (χ1n) is 8.57. The Bertz CT molecular complexity index is 959. The molecule has 3 aromatic carbocycles. The topological polar surface area (TPSA) is 26.3 Å². The molecule has 4 rings (SSSR count). The van der Waals surface area contributed by atoms with Crippen LogP contribution in [0.2, 0.25) is 0 Å². The molecule has 1 aliphatic rings. The van der Waals surface area contributed by atoms with Gasteiger partial charge in [0, 0.05) is 17.0 Å². The zero-order chi connectivity index (χ0) is 18.1. The molecule has 1 aliphatic carbocycles. The smallest absolute Gasteiger partial charge is 0.193 e. The minimum Gasteiger partial charge on any atom is -0.497 e. The van der Waals surface area contributed by atoms with Crippen molar-refractivity contribution in [2.75, 3.05) is 7.11 Å². The lowest BCUT2D eigenvalue weighted by atomic mass is 9.70. The molecule has 0 aliphatic heterocycles. The van der Waals surface area contributed by atoms with E-state index in [1.807, 2.05) is 72.8 Å². The third-order valence-corrected chi connectivity index (χ3v) is 5.07. The Balaban J connectivity index is 1.91. The number of methoxy groups -OCH3 is 1. The molecular weight excluding hydrogens is 320 g/mol. The summed E-state index contributed by atoms with van der Waals surface area (Å²) in [6.07, 6.45) is 5.99. The number of ketones is 1. The summed E-state index contributed by atoms with van der Waals surface area (Å²) in [6.45, 7) is 0. The number of carbonyl (C=O) groups is 1. The first-order chi connectivity index (χ1) is 12.7. The van der Waals surface area contributed by atoms with Gasteiger partial charge in [0.2, 0.25) is 0 Å². The molecule has 126 valence electrons. The quantitative estimate of drug-likeness (QED) is 0.642. The van der Waals surface area contributed by atoms with Crippen molar-refractivity contribution in [1.82, 2.24) is 0 Å². The first-order valence-corrected chi connectivity index (χ1v) is 8.57. The largest absolute Gasteiger partial charge is 0.497 e. The summed E-state index contributed by atoms with van der Waals surface area (Å²) in [6, 6.07) is 23.4. The van der Waals surface area contributed by atoms with Crippen LogP contribution in [0.5, 0.6) is 5.75 Å². The maximum absolute atomic E-state index is 12.9. The van der Waals surface area contributed by atoms with E-state index < -0.39 is 0 Å². The summed E-state index contributed by atoms with van der Waals surface area (Å²) in [4.78, 5) is 12.9. The van der Waals surface area contributed by atoms with Crippen LogP contribution in [0.25, 0.3) is 0 Å². The maximum atomic E-state index is 12.9. The van der Waals surface area contributed by atoms with E-state index >= 15 is 0 Å². The van der Waals surface area contributed by atoms with Crippen molar-refractivity contribution in [1.29, 1.82) is 0 Å². The average Bonchev–Trinajstić information content (AvgIpc) is 2.71. The average molecular weight is 338 g/mol. The Morgan fingerprint density at radius 1 is 0.885 bits per heavy atom. The third-order valence-electron chi connectivity index (χ3n) is 5.07. The summed E-state index contributed by atoms with van der Waals surface area (Å²) in [5.74, 6) is 3.61. The Labute approximate surface area is 153 Å². The van der Waals surface area contributed by atoms with Crippen molar-refractivity contribution < 1.29 is 9.53 Å². The molecule has 0 heterocycles. The number of hydrogen-bond acceptors (Lipinski definition) is 2. The number of ether oxygens (including phenoxy) is 1. The first kappa shape index (κ1) is 16.2. The molecule has 3 aromatic rings. The van der Waals surface area contributed by atoms with E-state index in [1.165, 1.54) is 0 Å². The van der Waals surface area contributed by atoms with E-state index in [0.29, 0.717) is 0 Å². The molecule has 0 bridgehead atoms. The highest BCUT2D eigenvalue weighted by molar-refractivity contribution is 6.12. The molecular formula is C24H18O2. The fraction of sp³-hybridized carbons (Fsp3) is 0.125. The van der Waals surface area contributed by atoms with E-state index in [9.17, 15) is 4.79 Å². The van der Waals surface area contributed by atoms with Crippen LogP contribution in [0.4, 0.5) is 0 Å². The van der Waals surface area contributed by atoms with Gasteiger partial charge in [-0.05, 0) is 28.8 Å². The fourth-order valence-corrected chi connectivity index (χ4v) is 3.82.